The number of alkyl halides is 1. The summed E-state index contributed by atoms with van der Waals surface area (Å²) in [7, 11) is 1.62. The minimum absolute atomic E-state index is 0.0864. The first-order chi connectivity index (χ1) is 7.39. The summed E-state index contributed by atoms with van der Waals surface area (Å²) < 4.78 is 5.07. The van der Waals surface area contributed by atoms with Crippen molar-refractivity contribution in [3.63, 3.8) is 0 Å². The SMILES string of the molecule is COc1ccc(C(Cl)C(C)(C)C(C)=O)cc1. The fourth-order valence-electron chi connectivity index (χ4n) is 1.37. The van der Waals surface area contributed by atoms with Crippen LogP contribution in [0.4, 0.5) is 0 Å². The largest absolute Gasteiger partial charge is 0.497 e. The number of methoxy groups -OCH3 is 1. The van der Waals surface area contributed by atoms with E-state index in [9.17, 15) is 4.79 Å². The topological polar surface area (TPSA) is 26.3 Å². The lowest BCUT2D eigenvalue weighted by Gasteiger charge is -2.27. The Hall–Kier alpha value is -1.02. The van der Waals surface area contributed by atoms with Gasteiger partial charge in [-0.2, -0.15) is 0 Å². The van der Waals surface area contributed by atoms with E-state index in [0.29, 0.717) is 0 Å². The predicted molar refractivity (Wildman–Crippen MR) is 66.1 cm³/mol. The molecule has 3 heteroatoms. The van der Waals surface area contributed by atoms with Crippen LogP contribution in [0.5, 0.6) is 5.75 Å². The number of benzene rings is 1. The lowest BCUT2D eigenvalue weighted by atomic mass is 9.82. The summed E-state index contributed by atoms with van der Waals surface area (Å²) in [6.07, 6.45) is 0. The minimum atomic E-state index is -0.559. The normalized spacial score (nSPS) is 13.3. The van der Waals surface area contributed by atoms with Crippen molar-refractivity contribution < 1.29 is 9.53 Å². The van der Waals surface area contributed by atoms with E-state index in [1.807, 2.05) is 38.1 Å². The molecule has 0 saturated heterocycles. The van der Waals surface area contributed by atoms with Gasteiger partial charge >= 0.3 is 0 Å². The van der Waals surface area contributed by atoms with Crippen LogP contribution in [-0.2, 0) is 4.79 Å². The number of hydrogen-bond acceptors (Lipinski definition) is 2. The van der Waals surface area contributed by atoms with Gasteiger partial charge in [-0.1, -0.05) is 26.0 Å². The fourth-order valence-corrected chi connectivity index (χ4v) is 1.67. The third-order valence-electron chi connectivity index (χ3n) is 2.95. The van der Waals surface area contributed by atoms with Crippen LogP contribution < -0.4 is 4.74 Å². The van der Waals surface area contributed by atoms with Crippen LogP contribution in [0, 0.1) is 5.41 Å². The molecule has 0 radical (unpaired) electrons. The lowest BCUT2D eigenvalue weighted by Crippen LogP contribution is -2.26. The molecule has 0 fully saturated rings. The Morgan fingerprint density at radius 1 is 1.31 bits per heavy atom. The summed E-state index contributed by atoms with van der Waals surface area (Å²) in [5.74, 6) is 0.872. The molecular formula is C13H17ClO2. The molecular weight excluding hydrogens is 224 g/mol. The van der Waals surface area contributed by atoms with E-state index in [-0.39, 0.29) is 11.2 Å². The summed E-state index contributed by atoms with van der Waals surface area (Å²) in [5.41, 5.74) is 0.374. The van der Waals surface area contributed by atoms with Crippen molar-refractivity contribution in [3.05, 3.63) is 29.8 Å². The van der Waals surface area contributed by atoms with Crippen molar-refractivity contribution >= 4 is 17.4 Å². The van der Waals surface area contributed by atoms with Crippen LogP contribution in [-0.4, -0.2) is 12.9 Å². The molecule has 16 heavy (non-hydrogen) atoms. The van der Waals surface area contributed by atoms with Crippen LogP contribution in [0.2, 0.25) is 0 Å². The Kier molecular flexibility index (Phi) is 3.98. The van der Waals surface area contributed by atoms with Crippen LogP contribution in [0.25, 0.3) is 0 Å². The number of ether oxygens (including phenoxy) is 1. The fraction of sp³-hybridized carbons (Fsp3) is 0.462. The van der Waals surface area contributed by atoms with Gasteiger partial charge in [0.15, 0.2) is 0 Å². The lowest BCUT2D eigenvalue weighted by molar-refractivity contribution is -0.125. The second kappa shape index (κ2) is 4.88. The van der Waals surface area contributed by atoms with Gasteiger partial charge in [0.2, 0.25) is 0 Å². The molecule has 1 aromatic carbocycles. The van der Waals surface area contributed by atoms with E-state index in [1.165, 1.54) is 0 Å². The van der Waals surface area contributed by atoms with Crippen molar-refractivity contribution in [2.75, 3.05) is 7.11 Å². The van der Waals surface area contributed by atoms with Gasteiger partial charge in [0, 0.05) is 5.41 Å². The maximum absolute atomic E-state index is 11.5. The highest BCUT2D eigenvalue weighted by Gasteiger charge is 2.33. The second-order valence-electron chi connectivity index (χ2n) is 4.41. The Morgan fingerprint density at radius 3 is 2.19 bits per heavy atom. The summed E-state index contributed by atoms with van der Waals surface area (Å²) in [6.45, 7) is 5.29. The number of carbonyl (C=O) groups excluding carboxylic acids is 1. The van der Waals surface area contributed by atoms with E-state index in [0.717, 1.165) is 11.3 Å². The standard InChI is InChI=1S/C13H17ClO2/c1-9(15)13(2,3)12(14)10-5-7-11(16-4)8-6-10/h5-8,12H,1-4H3. The Morgan fingerprint density at radius 2 is 1.81 bits per heavy atom. The minimum Gasteiger partial charge on any atom is -0.497 e. The molecule has 1 aromatic rings. The molecule has 0 amide bonds. The monoisotopic (exact) mass is 240 g/mol. The zero-order chi connectivity index (χ0) is 12.3. The van der Waals surface area contributed by atoms with Gasteiger partial charge in [0.1, 0.15) is 11.5 Å². The summed E-state index contributed by atoms with van der Waals surface area (Å²) >= 11 is 6.33. The second-order valence-corrected chi connectivity index (χ2v) is 4.85. The van der Waals surface area contributed by atoms with Gasteiger partial charge in [-0.3, -0.25) is 4.79 Å². The summed E-state index contributed by atoms with van der Waals surface area (Å²) in [5, 5.41) is -0.323. The number of hydrogen-bond donors (Lipinski definition) is 0. The molecule has 88 valence electrons. The van der Waals surface area contributed by atoms with Crippen molar-refractivity contribution in [2.45, 2.75) is 26.1 Å². The average molecular weight is 241 g/mol. The van der Waals surface area contributed by atoms with E-state index < -0.39 is 5.41 Å². The zero-order valence-corrected chi connectivity index (χ0v) is 10.8. The van der Waals surface area contributed by atoms with E-state index in [2.05, 4.69) is 0 Å². The maximum Gasteiger partial charge on any atom is 0.137 e. The molecule has 0 aliphatic rings. The van der Waals surface area contributed by atoms with Crippen molar-refractivity contribution in [3.8, 4) is 5.75 Å². The van der Waals surface area contributed by atoms with Gasteiger partial charge in [0.05, 0.1) is 12.5 Å². The average Bonchev–Trinajstić information content (AvgIpc) is 2.28. The van der Waals surface area contributed by atoms with E-state index in [4.69, 9.17) is 16.3 Å². The van der Waals surface area contributed by atoms with Crippen LogP contribution in [0.1, 0.15) is 31.7 Å². The van der Waals surface area contributed by atoms with Crippen molar-refractivity contribution in [2.24, 2.45) is 5.41 Å². The molecule has 1 rings (SSSR count). The third kappa shape index (κ3) is 2.56. The van der Waals surface area contributed by atoms with Crippen LogP contribution >= 0.6 is 11.6 Å². The first-order valence-electron chi connectivity index (χ1n) is 5.18. The Balaban J connectivity index is 2.96. The molecule has 2 nitrogen and oxygen atoms in total. The molecule has 0 aliphatic carbocycles. The number of carbonyl (C=O) groups is 1. The quantitative estimate of drug-likeness (QED) is 0.752. The Labute approximate surface area is 102 Å². The molecule has 1 unspecified atom stereocenters. The molecule has 0 heterocycles. The third-order valence-corrected chi connectivity index (χ3v) is 3.75. The molecule has 0 saturated carbocycles. The molecule has 0 aromatic heterocycles. The highest BCUT2D eigenvalue weighted by Crippen LogP contribution is 2.39. The molecule has 1 atom stereocenters. The molecule has 0 bridgehead atoms. The smallest absolute Gasteiger partial charge is 0.137 e. The first kappa shape index (κ1) is 13.0. The highest BCUT2D eigenvalue weighted by molar-refractivity contribution is 6.22. The number of Topliss-reactive ketones (excluding diaryl/α,β-unsaturated/α-hetero) is 1. The molecule has 0 aliphatic heterocycles. The van der Waals surface area contributed by atoms with Crippen LogP contribution in [0.15, 0.2) is 24.3 Å². The number of ketones is 1. The van der Waals surface area contributed by atoms with E-state index in [1.54, 1.807) is 14.0 Å². The summed E-state index contributed by atoms with van der Waals surface area (Å²) in [6, 6.07) is 7.48. The van der Waals surface area contributed by atoms with Crippen LogP contribution in [0.3, 0.4) is 0 Å². The maximum atomic E-state index is 11.5. The van der Waals surface area contributed by atoms with Gasteiger partial charge in [-0.25, -0.2) is 0 Å². The van der Waals surface area contributed by atoms with Gasteiger partial charge in [0.25, 0.3) is 0 Å². The number of rotatable bonds is 4. The van der Waals surface area contributed by atoms with Gasteiger partial charge in [-0.05, 0) is 24.6 Å². The van der Waals surface area contributed by atoms with E-state index >= 15 is 0 Å². The molecule has 0 spiro atoms. The zero-order valence-electron chi connectivity index (χ0n) is 10.1. The Bertz CT molecular complexity index is 368. The highest BCUT2D eigenvalue weighted by atomic mass is 35.5. The predicted octanol–water partition coefficient (Wildman–Crippen LogP) is 3.59. The number of halogens is 1. The van der Waals surface area contributed by atoms with Gasteiger partial charge in [-0.15, -0.1) is 11.6 Å². The van der Waals surface area contributed by atoms with Crippen molar-refractivity contribution in [1.29, 1.82) is 0 Å². The van der Waals surface area contributed by atoms with Gasteiger partial charge < -0.3 is 4.74 Å². The summed E-state index contributed by atoms with van der Waals surface area (Å²) in [4.78, 5) is 11.5. The van der Waals surface area contributed by atoms with Crippen molar-refractivity contribution in [1.82, 2.24) is 0 Å². The molecule has 0 N–H and O–H groups in total. The first-order valence-corrected chi connectivity index (χ1v) is 5.62.